The molecule has 2 rings (SSSR count). The fraction of sp³-hybridized carbons (Fsp3) is 0.235. The summed E-state index contributed by atoms with van der Waals surface area (Å²) in [5.74, 6) is -0.0821. The Hall–Kier alpha value is -2.49. The molecule has 2 aromatic rings. The zero-order valence-electron chi connectivity index (χ0n) is 12.3. The van der Waals surface area contributed by atoms with Crippen molar-refractivity contribution in [3.05, 3.63) is 66.5 Å². The molecule has 21 heavy (non-hydrogen) atoms. The van der Waals surface area contributed by atoms with Crippen LogP contribution in [-0.2, 0) is 13.1 Å². The van der Waals surface area contributed by atoms with Gasteiger partial charge in [0.15, 0.2) is 0 Å². The van der Waals surface area contributed by atoms with E-state index in [1.165, 1.54) is 5.69 Å². The largest absolute Gasteiger partial charge is 0.379 e. The summed E-state index contributed by atoms with van der Waals surface area (Å²) in [7, 11) is 0. The van der Waals surface area contributed by atoms with E-state index in [1.807, 2.05) is 30.3 Å². The minimum atomic E-state index is -0.0821. The van der Waals surface area contributed by atoms with Crippen LogP contribution < -0.4 is 10.6 Å². The van der Waals surface area contributed by atoms with Crippen LogP contribution in [0.3, 0.4) is 0 Å². The summed E-state index contributed by atoms with van der Waals surface area (Å²) >= 11 is 0. The average molecular weight is 283 g/mol. The van der Waals surface area contributed by atoms with Crippen LogP contribution in [0, 0.1) is 0 Å². The molecule has 0 saturated heterocycles. The van der Waals surface area contributed by atoms with Gasteiger partial charge >= 0.3 is 0 Å². The smallest absolute Gasteiger partial charge is 0.251 e. The van der Waals surface area contributed by atoms with Gasteiger partial charge in [0.2, 0.25) is 0 Å². The first-order valence-electron chi connectivity index (χ1n) is 7.11. The number of aryl methyl sites for hydroxylation is 1. The van der Waals surface area contributed by atoms with Crippen molar-refractivity contribution in [2.75, 3.05) is 11.9 Å². The maximum Gasteiger partial charge on any atom is 0.251 e. The van der Waals surface area contributed by atoms with E-state index in [9.17, 15) is 4.79 Å². The number of nitrogens with zero attached hydrogens (tertiary/aromatic N) is 1. The summed E-state index contributed by atoms with van der Waals surface area (Å²) in [6, 6.07) is 11.6. The predicted molar refractivity (Wildman–Crippen MR) is 86.4 cm³/mol. The predicted octanol–water partition coefficient (Wildman–Crippen LogP) is 3.04. The molecule has 0 radical (unpaired) electrons. The Bertz CT molecular complexity index is 599. The van der Waals surface area contributed by atoms with Gasteiger partial charge in [0, 0.05) is 36.2 Å². The maximum atomic E-state index is 11.8. The lowest BCUT2D eigenvalue weighted by Crippen LogP contribution is -2.23. The van der Waals surface area contributed by atoms with Gasteiger partial charge in [0.1, 0.15) is 0 Å². The number of nitrogens with one attached hydrogen (secondary N) is 2. The first kappa shape index (κ1) is 14.9. The highest BCUT2D eigenvalue weighted by atomic mass is 16.1. The molecule has 0 aliphatic carbocycles. The SMILES string of the molecule is C=CCNC(=O)c1ccc(NCc2cccn2CC)cc1. The van der Waals surface area contributed by atoms with E-state index in [0.717, 1.165) is 18.8 Å². The van der Waals surface area contributed by atoms with Crippen LogP contribution >= 0.6 is 0 Å². The molecule has 1 heterocycles. The molecule has 1 aromatic carbocycles. The Labute approximate surface area is 125 Å². The number of hydrogen-bond acceptors (Lipinski definition) is 2. The van der Waals surface area contributed by atoms with Crippen LogP contribution in [0.15, 0.2) is 55.3 Å². The minimum absolute atomic E-state index is 0.0821. The van der Waals surface area contributed by atoms with Crippen LogP contribution in [0.1, 0.15) is 23.0 Å². The number of carbonyl (C=O) groups excluding carboxylic acids is 1. The molecule has 110 valence electrons. The second kappa shape index (κ2) is 7.33. The molecule has 2 N–H and O–H groups in total. The summed E-state index contributed by atoms with van der Waals surface area (Å²) in [5.41, 5.74) is 2.89. The van der Waals surface area contributed by atoms with Crippen LogP contribution in [-0.4, -0.2) is 17.0 Å². The summed E-state index contributed by atoms with van der Waals surface area (Å²) in [4.78, 5) is 11.8. The van der Waals surface area contributed by atoms with Gasteiger partial charge in [0.25, 0.3) is 5.91 Å². The topological polar surface area (TPSA) is 46.1 Å². The lowest BCUT2D eigenvalue weighted by molar-refractivity contribution is 0.0958. The minimum Gasteiger partial charge on any atom is -0.379 e. The van der Waals surface area contributed by atoms with Gasteiger partial charge in [-0.25, -0.2) is 0 Å². The molecular weight excluding hydrogens is 262 g/mol. The number of rotatable bonds is 7. The van der Waals surface area contributed by atoms with Crippen LogP contribution in [0.2, 0.25) is 0 Å². The van der Waals surface area contributed by atoms with Crippen molar-refractivity contribution in [2.24, 2.45) is 0 Å². The molecule has 0 unspecified atom stereocenters. The Balaban J connectivity index is 1.93. The average Bonchev–Trinajstić information content (AvgIpc) is 2.98. The zero-order valence-corrected chi connectivity index (χ0v) is 12.3. The third-order valence-corrected chi connectivity index (χ3v) is 3.29. The molecule has 4 nitrogen and oxygen atoms in total. The van der Waals surface area contributed by atoms with Crippen molar-refractivity contribution in [3.8, 4) is 0 Å². The summed E-state index contributed by atoms with van der Waals surface area (Å²) in [6.45, 7) is 7.91. The third-order valence-electron chi connectivity index (χ3n) is 3.29. The second-order valence-corrected chi connectivity index (χ2v) is 4.72. The van der Waals surface area contributed by atoms with E-state index in [-0.39, 0.29) is 5.91 Å². The summed E-state index contributed by atoms with van der Waals surface area (Å²) in [5, 5.41) is 6.12. The second-order valence-electron chi connectivity index (χ2n) is 4.72. The Morgan fingerprint density at radius 1 is 1.29 bits per heavy atom. The number of carbonyl (C=O) groups is 1. The van der Waals surface area contributed by atoms with Crippen molar-refractivity contribution in [1.82, 2.24) is 9.88 Å². The van der Waals surface area contributed by atoms with Gasteiger partial charge in [-0.05, 0) is 43.3 Å². The van der Waals surface area contributed by atoms with Crippen LogP contribution in [0.5, 0.6) is 0 Å². The van der Waals surface area contributed by atoms with E-state index < -0.39 is 0 Å². The first-order valence-corrected chi connectivity index (χ1v) is 7.11. The maximum absolute atomic E-state index is 11.8. The lowest BCUT2D eigenvalue weighted by Gasteiger charge is -2.10. The zero-order chi connectivity index (χ0) is 15.1. The summed E-state index contributed by atoms with van der Waals surface area (Å²) in [6.07, 6.45) is 3.74. The van der Waals surface area contributed by atoms with Gasteiger partial charge in [0.05, 0.1) is 6.54 Å². The van der Waals surface area contributed by atoms with E-state index in [0.29, 0.717) is 12.1 Å². The number of aromatic nitrogens is 1. The fourth-order valence-electron chi connectivity index (χ4n) is 2.12. The van der Waals surface area contributed by atoms with E-state index in [2.05, 4.69) is 41.0 Å². The molecule has 0 atom stereocenters. The van der Waals surface area contributed by atoms with Crippen molar-refractivity contribution in [3.63, 3.8) is 0 Å². The lowest BCUT2D eigenvalue weighted by atomic mass is 10.2. The Kier molecular flexibility index (Phi) is 5.21. The normalized spacial score (nSPS) is 10.1. The van der Waals surface area contributed by atoms with Crippen LogP contribution in [0.4, 0.5) is 5.69 Å². The molecule has 0 fully saturated rings. The van der Waals surface area contributed by atoms with Gasteiger partial charge < -0.3 is 15.2 Å². The van der Waals surface area contributed by atoms with Crippen LogP contribution in [0.25, 0.3) is 0 Å². The molecule has 0 bridgehead atoms. The van der Waals surface area contributed by atoms with Crippen molar-refractivity contribution in [2.45, 2.75) is 20.0 Å². The molecule has 0 spiro atoms. The van der Waals surface area contributed by atoms with E-state index in [4.69, 9.17) is 0 Å². The highest BCUT2D eigenvalue weighted by Crippen LogP contribution is 2.12. The number of amides is 1. The molecule has 4 heteroatoms. The van der Waals surface area contributed by atoms with Gasteiger partial charge in [-0.3, -0.25) is 4.79 Å². The van der Waals surface area contributed by atoms with Gasteiger partial charge in [-0.15, -0.1) is 6.58 Å². The number of anilines is 1. The fourth-order valence-corrected chi connectivity index (χ4v) is 2.12. The highest BCUT2D eigenvalue weighted by Gasteiger charge is 2.04. The monoisotopic (exact) mass is 283 g/mol. The number of benzene rings is 1. The van der Waals surface area contributed by atoms with Gasteiger partial charge in [-0.1, -0.05) is 6.08 Å². The molecule has 1 amide bonds. The van der Waals surface area contributed by atoms with Crippen molar-refractivity contribution in [1.29, 1.82) is 0 Å². The molecule has 0 aliphatic rings. The summed E-state index contributed by atoms with van der Waals surface area (Å²) < 4.78 is 2.20. The number of hydrogen-bond donors (Lipinski definition) is 2. The third kappa shape index (κ3) is 3.99. The first-order chi connectivity index (χ1) is 10.2. The Morgan fingerprint density at radius 3 is 2.71 bits per heavy atom. The molecule has 1 aromatic heterocycles. The van der Waals surface area contributed by atoms with E-state index >= 15 is 0 Å². The Morgan fingerprint density at radius 2 is 2.05 bits per heavy atom. The quantitative estimate of drug-likeness (QED) is 0.767. The molecular formula is C17H21N3O. The molecule has 0 saturated carbocycles. The van der Waals surface area contributed by atoms with Gasteiger partial charge in [-0.2, -0.15) is 0 Å². The molecule has 0 aliphatic heterocycles. The van der Waals surface area contributed by atoms with E-state index in [1.54, 1.807) is 6.08 Å². The highest BCUT2D eigenvalue weighted by molar-refractivity contribution is 5.94. The van der Waals surface area contributed by atoms with Crippen molar-refractivity contribution >= 4 is 11.6 Å². The standard InChI is InChI=1S/C17H21N3O/c1-3-11-18-17(21)14-7-9-15(10-8-14)19-13-16-6-5-12-20(16)4-2/h3,5-10,12,19H,1,4,11,13H2,2H3,(H,18,21). The van der Waals surface area contributed by atoms with Crippen molar-refractivity contribution < 1.29 is 4.79 Å².